The van der Waals surface area contributed by atoms with Crippen molar-refractivity contribution in [2.75, 3.05) is 7.11 Å². The van der Waals surface area contributed by atoms with E-state index in [1.54, 1.807) is 7.11 Å². The lowest BCUT2D eigenvalue weighted by Crippen LogP contribution is -1.91. The number of pyridine rings is 1. The summed E-state index contributed by atoms with van der Waals surface area (Å²) in [5, 5.41) is 2.38. The number of methoxy groups -OCH3 is 1. The summed E-state index contributed by atoms with van der Waals surface area (Å²) in [6.07, 6.45) is 0. The highest BCUT2D eigenvalue weighted by molar-refractivity contribution is 5.85. The van der Waals surface area contributed by atoms with Gasteiger partial charge in [-0.05, 0) is 19.2 Å². The summed E-state index contributed by atoms with van der Waals surface area (Å²) >= 11 is 0. The number of benzene rings is 1. The zero-order valence-corrected chi connectivity index (χ0v) is 8.66. The van der Waals surface area contributed by atoms with Gasteiger partial charge in [-0.25, -0.2) is 4.98 Å². The van der Waals surface area contributed by atoms with Gasteiger partial charge in [0.2, 0.25) is 5.88 Å². The number of rotatable bonds is 1. The summed E-state index contributed by atoms with van der Waals surface area (Å²) < 4.78 is 5.13. The molecule has 1 aromatic heterocycles. The van der Waals surface area contributed by atoms with Crippen LogP contribution in [-0.4, -0.2) is 12.1 Å². The molecule has 0 N–H and O–H groups in total. The first-order chi connectivity index (χ1) is 6.70. The van der Waals surface area contributed by atoms with Crippen LogP contribution in [0, 0.1) is 13.8 Å². The van der Waals surface area contributed by atoms with Gasteiger partial charge in [0.15, 0.2) is 0 Å². The Morgan fingerprint density at radius 2 is 1.93 bits per heavy atom. The van der Waals surface area contributed by atoms with Gasteiger partial charge in [0.25, 0.3) is 0 Å². The fourth-order valence-corrected chi connectivity index (χ4v) is 1.63. The van der Waals surface area contributed by atoms with E-state index in [1.165, 1.54) is 16.3 Å². The predicted octanol–water partition coefficient (Wildman–Crippen LogP) is 2.86. The minimum Gasteiger partial charge on any atom is -0.481 e. The highest BCUT2D eigenvalue weighted by atomic mass is 16.5. The molecule has 0 unspecified atom stereocenters. The number of hydrogen-bond donors (Lipinski definition) is 0. The van der Waals surface area contributed by atoms with E-state index in [1.807, 2.05) is 13.0 Å². The SMILES string of the molecule is COc1cc2cc(C)ccc2c(C)n1. The van der Waals surface area contributed by atoms with E-state index >= 15 is 0 Å². The lowest BCUT2D eigenvalue weighted by Gasteiger charge is -2.05. The third-order valence-electron chi connectivity index (χ3n) is 2.36. The molecule has 0 spiro atoms. The Bertz CT molecular complexity index is 477. The van der Waals surface area contributed by atoms with Crippen LogP contribution in [0.3, 0.4) is 0 Å². The van der Waals surface area contributed by atoms with Crippen LogP contribution in [0.2, 0.25) is 0 Å². The first-order valence-electron chi connectivity index (χ1n) is 4.62. The average molecular weight is 187 g/mol. The molecule has 0 aliphatic rings. The Morgan fingerprint density at radius 1 is 1.14 bits per heavy atom. The predicted molar refractivity (Wildman–Crippen MR) is 57.8 cm³/mol. The lowest BCUT2D eigenvalue weighted by atomic mass is 10.1. The van der Waals surface area contributed by atoms with Gasteiger partial charge in [0.1, 0.15) is 0 Å². The van der Waals surface area contributed by atoms with Crippen LogP contribution >= 0.6 is 0 Å². The van der Waals surface area contributed by atoms with Gasteiger partial charge < -0.3 is 4.74 Å². The fourth-order valence-electron chi connectivity index (χ4n) is 1.63. The Labute approximate surface area is 83.5 Å². The first-order valence-corrected chi connectivity index (χ1v) is 4.62. The summed E-state index contributed by atoms with van der Waals surface area (Å²) in [6, 6.07) is 8.32. The standard InChI is InChI=1S/C12H13NO/c1-8-4-5-11-9(2)13-12(14-3)7-10(11)6-8/h4-7H,1-3H3. The molecule has 0 aliphatic carbocycles. The summed E-state index contributed by atoms with van der Waals surface area (Å²) in [6.45, 7) is 4.09. The normalized spacial score (nSPS) is 10.5. The molecule has 1 heterocycles. The van der Waals surface area contributed by atoms with Crippen LogP contribution in [0.25, 0.3) is 10.8 Å². The molecule has 14 heavy (non-hydrogen) atoms. The van der Waals surface area contributed by atoms with Crippen molar-refractivity contribution in [3.05, 3.63) is 35.5 Å². The van der Waals surface area contributed by atoms with Crippen molar-refractivity contribution in [1.29, 1.82) is 0 Å². The molecule has 0 atom stereocenters. The molecule has 0 fully saturated rings. The minimum absolute atomic E-state index is 0.681. The Morgan fingerprint density at radius 3 is 2.64 bits per heavy atom. The smallest absolute Gasteiger partial charge is 0.213 e. The highest BCUT2D eigenvalue weighted by Gasteiger charge is 2.02. The number of hydrogen-bond acceptors (Lipinski definition) is 2. The Kier molecular flexibility index (Phi) is 2.12. The molecular formula is C12H13NO. The zero-order chi connectivity index (χ0) is 10.1. The van der Waals surface area contributed by atoms with Crippen molar-refractivity contribution >= 4 is 10.8 Å². The van der Waals surface area contributed by atoms with Crippen molar-refractivity contribution in [3.63, 3.8) is 0 Å². The quantitative estimate of drug-likeness (QED) is 0.684. The van der Waals surface area contributed by atoms with Gasteiger partial charge in [-0.15, -0.1) is 0 Å². The average Bonchev–Trinajstić information content (AvgIpc) is 2.16. The maximum Gasteiger partial charge on any atom is 0.213 e. The summed E-state index contributed by atoms with van der Waals surface area (Å²) in [7, 11) is 1.64. The van der Waals surface area contributed by atoms with E-state index in [2.05, 4.69) is 30.1 Å². The summed E-state index contributed by atoms with van der Waals surface area (Å²) in [5.74, 6) is 0.681. The van der Waals surface area contributed by atoms with Gasteiger partial charge in [0.05, 0.1) is 7.11 Å². The zero-order valence-electron chi connectivity index (χ0n) is 8.66. The maximum atomic E-state index is 5.13. The van der Waals surface area contributed by atoms with Gasteiger partial charge in [0, 0.05) is 17.1 Å². The van der Waals surface area contributed by atoms with Crippen molar-refractivity contribution in [2.24, 2.45) is 0 Å². The maximum absolute atomic E-state index is 5.13. The molecule has 1 aromatic carbocycles. The molecule has 0 saturated heterocycles. The van der Waals surface area contributed by atoms with Crippen molar-refractivity contribution in [2.45, 2.75) is 13.8 Å². The largest absolute Gasteiger partial charge is 0.481 e. The molecular weight excluding hydrogens is 174 g/mol. The molecule has 0 amide bonds. The van der Waals surface area contributed by atoms with Crippen LogP contribution in [0.4, 0.5) is 0 Å². The van der Waals surface area contributed by atoms with Crippen LogP contribution in [0.5, 0.6) is 5.88 Å². The molecule has 2 rings (SSSR count). The van der Waals surface area contributed by atoms with Gasteiger partial charge in [-0.1, -0.05) is 23.8 Å². The molecule has 72 valence electrons. The highest BCUT2D eigenvalue weighted by Crippen LogP contribution is 2.22. The third kappa shape index (κ3) is 1.43. The van der Waals surface area contributed by atoms with E-state index in [4.69, 9.17) is 4.74 Å². The summed E-state index contributed by atoms with van der Waals surface area (Å²) in [4.78, 5) is 4.33. The van der Waals surface area contributed by atoms with Crippen molar-refractivity contribution in [1.82, 2.24) is 4.98 Å². The molecule has 2 aromatic rings. The first kappa shape index (κ1) is 9.00. The van der Waals surface area contributed by atoms with E-state index in [-0.39, 0.29) is 0 Å². The van der Waals surface area contributed by atoms with E-state index in [9.17, 15) is 0 Å². The van der Waals surface area contributed by atoms with E-state index in [0.29, 0.717) is 5.88 Å². The fraction of sp³-hybridized carbons (Fsp3) is 0.250. The summed E-state index contributed by atoms with van der Waals surface area (Å²) in [5.41, 5.74) is 2.27. The number of aromatic nitrogens is 1. The van der Waals surface area contributed by atoms with E-state index in [0.717, 1.165) is 5.69 Å². The second-order valence-electron chi connectivity index (χ2n) is 3.47. The third-order valence-corrected chi connectivity index (χ3v) is 2.36. The van der Waals surface area contributed by atoms with Crippen LogP contribution in [-0.2, 0) is 0 Å². The second-order valence-corrected chi connectivity index (χ2v) is 3.47. The van der Waals surface area contributed by atoms with Crippen LogP contribution in [0.1, 0.15) is 11.3 Å². The lowest BCUT2D eigenvalue weighted by molar-refractivity contribution is 0.398. The van der Waals surface area contributed by atoms with Crippen LogP contribution in [0.15, 0.2) is 24.3 Å². The van der Waals surface area contributed by atoms with Gasteiger partial charge >= 0.3 is 0 Å². The molecule has 0 aliphatic heterocycles. The van der Waals surface area contributed by atoms with Gasteiger partial charge in [-0.3, -0.25) is 0 Å². The topological polar surface area (TPSA) is 22.1 Å². The minimum atomic E-state index is 0.681. The van der Waals surface area contributed by atoms with Crippen molar-refractivity contribution < 1.29 is 4.74 Å². The molecule has 0 bridgehead atoms. The molecule has 0 saturated carbocycles. The van der Waals surface area contributed by atoms with Crippen molar-refractivity contribution in [3.8, 4) is 5.88 Å². The molecule has 2 heteroatoms. The molecule has 0 radical (unpaired) electrons. The number of aryl methyl sites for hydroxylation is 2. The Balaban J connectivity index is 2.77. The second kappa shape index (κ2) is 3.29. The molecule has 2 nitrogen and oxygen atoms in total. The number of fused-ring (bicyclic) bond motifs is 1. The number of nitrogens with zero attached hydrogens (tertiary/aromatic N) is 1. The van der Waals surface area contributed by atoms with Gasteiger partial charge in [-0.2, -0.15) is 0 Å². The monoisotopic (exact) mass is 187 g/mol. The Hall–Kier alpha value is -1.57. The van der Waals surface area contributed by atoms with E-state index < -0.39 is 0 Å². The van der Waals surface area contributed by atoms with Crippen LogP contribution < -0.4 is 4.74 Å². The number of ether oxygens (including phenoxy) is 1.